The van der Waals surface area contributed by atoms with Gasteiger partial charge in [-0.05, 0) is 42.8 Å². The Balaban J connectivity index is 2.02. The van der Waals surface area contributed by atoms with Crippen LogP contribution in [0.25, 0.3) is 10.9 Å². The number of benzene rings is 2. The summed E-state index contributed by atoms with van der Waals surface area (Å²) in [5.74, 6) is -1.18. The molecule has 2 aromatic carbocycles. The highest BCUT2D eigenvalue weighted by Gasteiger charge is 2.18. The number of nitrogens with one attached hydrogen (secondary N) is 1. The number of hydrogen-bond donors (Lipinski definition) is 1. The quantitative estimate of drug-likeness (QED) is 0.764. The number of aryl methyl sites for hydroxylation is 1. The van der Waals surface area contributed by atoms with E-state index < -0.39 is 17.2 Å². The van der Waals surface area contributed by atoms with Crippen LogP contribution in [0.3, 0.4) is 0 Å². The van der Waals surface area contributed by atoms with Gasteiger partial charge in [0, 0.05) is 19.3 Å². The van der Waals surface area contributed by atoms with Gasteiger partial charge in [-0.1, -0.05) is 12.1 Å². The van der Waals surface area contributed by atoms with E-state index in [9.17, 15) is 14.0 Å². The largest absolute Gasteiger partial charge is 0.380 e. The fraction of sp³-hybridized carbons (Fsp3) is 0.211. The lowest BCUT2D eigenvalue weighted by Crippen LogP contribution is -2.27. The second-order valence-electron chi connectivity index (χ2n) is 5.74. The molecular formula is C19H18FN3O3. The molecule has 6 nitrogen and oxygen atoms in total. The van der Waals surface area contributed by atoms with Crippen LogP contribution in [0.2, 0.25) is 0 Å². The van der Waals surface area contributed by atoms with Crippen molar-refractivity contribution in [2.75, 3.05) is 12.4 Å². The average molecular weight is 355 g/mol. The molecule has 0 aliphatic rings. The maximum Gasteiger partial charge on any atom is 0.280 e. The summed E-state index contributed by atoms with van der Waals surface area (Å²) in [6.45, 7) is 2.67. The van der Waals surface area contributed by atoms with Crippen LogP contribution in [0.4, 0.5) is 10.1 Å². The molecule has 0 saturated heterocycles. The minimum Gasteiger partial charge on any atom is -0.380 e. The SMILES string of the molecule is CCn1nc(C(=O)Nc2cccc(COC)c2)c(=O)c2cc(F)ccc21. The van der Waals surface area contributed by atoms with Crippen LogP contribution in [-0.2, 0) is 17.9 Å². The standard InChI is InChI=1S/C19H18FN3O3/c1-3-23-16-8-7-13(20)10-15(16)18(24)17(22-23)19(25)21-14-6-4-5-12(9-14)11-26-2/h4-10H,3,11H2,1-2H3,(H,21,25). The Morgan fingerprint density at radius 3 is 2.81 bits per heavy atom. The molecule has 3 aromatic rings. The molecule has 1 N–H and O–H groups in total. The number of aromatic nitrogens is 2. The molecule has 0 unspecified atom stereocenters. The number of amides is 1. The third-order valence-electron chi connectivity index (χ3n) is 3.93. The van der Waals surface area contributed by atoms with Crippen molar-refractivity contribution in [2.24, 2.45) is 0 Å². The zero-order chi connectivity index (χ0) is 18.7. The number of nitrogens with zero attached hydrogens (tertiary/aromatic N) is 2. The molecule has 1 amide bonds. The van der Waals surface area contributed by atoms with Crippen molar-refractivity contribution in [1.29, 1.82) is 0 Å². The van der Waals surface area contributed by atoms with Gasteiger partial charge in [0.2, 0.25) is 5.43 Å². The minimum absolute atomic E-state index is 0.125. The van der Waals surface area contributed by atoms with Gasteiger partial charge in [0.05, 0.1) is 17.5 Å². The van der Waals surface area contributed by atoms with Crippen LogP contribution >= 0.6 is 0 Å². The summed E-state index contributed by atoms with van der Waals surface area (Å²) < 4.78 is 20.1. The third kappa shape index (κ3) is 3.48. The Bertz CT molecular complexity index is 1030. The highest BCUT2D eigenvalue weighted by molar-refractivity contribution is 6.04. The van der Waals surface area contributed by atoms with Gasteiger partial charge in [-0.3, -0.25) is 14.3 Å². The number of rotatable bonds is 5. The lowest BCUT2D eigenvalue weighted by atomic mass is 10.1. The smallest absolute Gasteiger partial charge is 0.280 e. The Morgan fingerprint density at radius 2 is 2.08 bits per heavy atom. The number of hydrogen-bond acceptors (Lipinski definition) is 4. The predicted octanol–water partition coefficient (Wildman–Crippen LogP) is 2.95. The fourth-order valence-electron chi connectivity index (χ4n) is 2.75. The highest BCUT2D eigenvalue weighted by atomic mass is 19.1. The molecule has 0 aliphatic heterocycles. The summed E-state index contributed by atoms with van der Waals surface area (Å²) in [5, 5.41) is 6.94. The van der Waals surface area contributed by atoms with Crippen molar-refractivity contribution in [2.45, 2.75) is 20.1 Å². The van der Waals surface area contributed by atoms with Gasteiger partial charge in [-0.25, -0.2) is 4.39 Å². The summed E-state index contributed by atoms with van der Waals surface area (Å²) in [7, 11) is 1.58. The zero-order valence-corrected chi connectivity index (χ0v) is 14.5. The molecule has 0 spiro atoms. The molecule has 0 atom stereocenters. The van der Waals surface area contributed by atoms with Crippen molar-refractivity contribution >= 4 is 22.5 Å². The van der Waals surface area contributed by atoms with Crippen LogP contribution < -0.4 is 10.7 Å². The number of ether oxygens (including phenoxy) is 1. The molecule has 26 heavy (non-hydrogen) atoms. The molecule has 1 aromatic heterocycles. The van der Waals surface area contributed by atoms with Crippen LogP contribution in [0, 0.1) is 5.82 Å². The molecule has 3 rings (SSSR count). The van der Waals surface area contributed by atoms with Crippen LogP contribution in [0.5, 0.6) is 0 Å². The Labute approximate surface area is 149 Å². The average Bonchev–Trinajstić information content (AvgIpc) is 2.63. The highest BCUT2D eigenvalue weighted by Crippen LogP contribution is 2.14. The van der Waals surface area contributed by atoms with Crippen molar-refractivity contribution < 1.29 is 13.9 Å². The van der Waals surface area contributed by atoms with E-state index in [1.165, 1.54) is 16.8 Å². The van der Waals surface area contributed by atoms with E-state index in [0.29, 0.717) is 24.4 Å². The first-order valence-electron chi connectivity index (χ1n) is 8.13. The van der Waals surface area contributed by atoms with E-state index in [1.54, 1.807) is 25.3 Å². The fourth-order valence-corrected chi connectivity index (χ4v) is 2.75. The summed E-state index contributed by atoms with van der Waals surface area (Å²) in [5.41, 5.74) is 1.01. The van der Waals surface area contributed by atoms with E-state index in [4.69, 9.17) is 4.74 Å². The van der Waals surface area contributed by atoms with Crippen LogP contribution in [-0.4, -0.2) is 22.8 Å². The lowest BCUT2D eigenvalue weighted by molar-refractivity contribution is 0.101. The predicted molar refractivity (Wildman–Crippen MR) is 96.7 cm³/mol. The van der Waals surface area contributed by atoms with Gasteiger partial charge in [-0.2, -0.15) is 5.10 Å². The number of anilines is 1. The van der Waals surface area contributed by atoms with E-state index in [1.807, 2.05) is 13.0 Å². The summed E-state index contributed by atoms with van der Waals surface area (Å²) in [4.78, 5) is 25.2. The maximum absolute atomic E-state index is 13.6. The van der Waals surface area contributed by atoms with Crippen molar-refractivity contribution in [1.82, 2.24) is 9.78 Å². The summed E-state index contributed by atoms with van der Waals surface area (Å²) in [6.07, 6.45) is 0. The molecular weight excluding hydrogens is 337 g/mol. The lowest BCUT2D eigenvalue weighted by Gasteiger charge is -2.11. The van der Waals surface area contributed by atoms with Gasteiger partial charge in [0.25, 0.3) is 5.91 Å². The number of fused-ring (bicyclic) bond motifs is 1. The Hall–Kier alpha value is -3.06. The molecule has 0 bridgehead atoms. The molecule has 0 radical (unpaired) electrons. The number of carbonyl (C=O) groups is 1. The van der Waals surface area contributed by atoms with Gasteiger partial charge in [0.15, 0.2) is 5.69 Å². The maximum atomic E-state index is 13.6. The monoisotopic (exact) mass is 355 g/mol. The normalized spacial score (nSPS) is 10.9. The van der Waals surface area contributed by atoms with Crippen LogP contribution in [0.15, 0.2) is 47.3 Å². The van der Waals surface area contributed by atoms with Gasteiger partial charge in [-0.15, -0.1) is 0 Å². The van der Waals surface area contributed by atoms with E-state index in [2.05, 4.69) is 10.4 Å². The summed E-state index contributed by atoms with van der Waals surface area (Å²) >= 11 is 0. The number of methoxy groups -OCH3 is 1. The molecule has 134 valence electrons. The van der Waals surface area contributed by atoms with Gasteiger partial charge < -0.3 is 10.1 Å². The topological polar surface area (TPSA) is 73.2 Å². The van der Waals surface area contributed by atoms with Crippen LogP contribution in [0.1, 0.15) is 23.0 Å². The van der Waals surface area contributed by atoms with E-state index in [-0.39, 0.29) is 11.1 Å². The number of carbonyl (C=O) groups excluding carboxylic acids is 1. The molecule has 0 fully saturated rings. The van der Waals surface area contributed by atoms with Crippen molar-refractivity contribution in [3.63, 3.8) is 0 Å². The first-order chi connectivity index (χ1) is 12.5. The second-order valence-corrected chi connectivity index (χ2v) is 5.74. The zero-order valence-electron chi connectivity index (χ0n) is 14.5. The first kappa shape index (κ1) is 17.8. The number of halogens is 1. The molecule has 7 heteroatoms. The van der Waals surface area contributed by atoms with Gasteiger partial charge >= 0.3 is 0 Å². The van der Waals surface area contributed by atoms with E-state index in [0.717, 1.165) is 11.6 Å². The first-order valence-corrected chi connectivity index (χ1v) is 8.13. The van der Waals surface area contributed by atoms with Crippen molar-refractivity contribution in [3.8, 4) is 0 Å². The second kappa shape index (κ2) is 7.45. The minimum atomic E-state index is -0.641. The molecule has 0 saturated carbocycles. The molecule has 0 aliphatic carbocycles. The Morgan fingerprint density at radius 1 is 1.27 bits per heavy atom. The summed E-state index contributed by atoms with van der Waals surface area (Å²) in [6, 6.07) is 11.0. The molecule has 1 heterocycles. The van der Waals surface area contributed by atoms with Crippen molar-refractivity contribution in [3.05, 3.63) is 69.8 Å². The van der Waals surface area contributed by atoms with Gasteiger partial charge in [0.1, 0.15) is 5.82 Å². The van der Waals surface area contributed by atoms with E-state index >= 15 is 0 Å². The third-order valence-corrected chi connectivity index (χ3v) is 3.93. The Kier molecular flexibility index (Phi) is 5.09.